The van der Waals surface area contributed by atoms with Gasteiger partial charge in [0.25, 0.3) is 0 Å². The molecule has 0 aliphatic heterocycles. The highest BCUT2D eigenvalue weighted by atomic mass is 16.6. The van der Waals surface area contributed by atoms with E-state index in [1.165, 1.54) is 109 Å². The van der Waals surface area contributed by atoms with Crippen molar-refractivity contribution in [3.05, 3.63) is 0 Å². The number of hydrogen-bond donors (Lipinski definition) is 1. The molecule has 0 unspecified atom stereocenters. The second-order valence-electron chi connectivity index (χ2n) is 7.76. The van der Waals surface area contributed by atoms with Crippen molar-refractivity contribution in [2.24, 2.45) is 0 Å². The van der Waals surface area contributed by atoms with Crippen molar-refractivity contribution in [3.8, 4) is 0 Å². The van der Waals surface area contributed by atoms with Crippen molar-refractivity contribution in [1.82, 2.24) is 0 Å². The molecule has 0 bridgehead atoms. The van der Waals surface area contributed by atoms with E-state index in [9.17, 15) is 4.79 Å². The third kappa shape index (κ3) is 21.5. The molecule has 26 heavy (non-hydrogen) atoms. The lowest BCUT2D eigenvalue weighted by atomic mass is 10.0. The molecular formula is C23H46O3. The van der Waals surface area contributed by atoms with E-state index in [0.29, 0.717) is 6.42 Å². The van der Waals surface area contributed by atoms with Crippen molar-refractivity contribution >= 4 is 5.97 Å². The van der Waals surface area contributed by atoms with E-state index in [4.69, 9.17) is 5.11 Å². The molecule has 3 heteroatoms. The maximum absolute atomic E-state index is 11.0. The first-order chi connectivity index (χ1) is 12.8. The highest BCUT2D eigenvalue weighted by Gasteiger charge is 2.01. The highest BCUT2D eigenvalue weighted by molar-refractivity contribution is 5.69. The maximum Gasteiger partial charge on any atom is 0.307 e. The average Bonchev–Trinajstić information content (AvgIpc) is 2.64. The van der Waals surface area contributed by atoms with Gasteiger partial charge < -0.3 is 9.84 Å². The summed E-state index contributed by atoms with van der Waals surface area (Å²) in [7, 11) is 0. The molecule has 1 N–H and O–H groups in total. The summed E-state index contributed by atoms with van der Waals surface area (Å²) < 4.78 is 4.50. The molecule has 0 aromatic heterocycles. The number of esters is 1. The van der Waals surface area contributed by atoms with Crippen LogP contribution in [0.15, 0.2) is 0 Å². The number of unbranched alkanes of at least 4 members (excludes halogenated alkanes) is 18. The summed E-state index contributed by atoms with van der Waals surface area (Å²) in [6.45, 7) is 1.79. The van der Waals surface area contributed by atoms with Crippen molar-refractivity contribution in [1.29, 1.82) is 0 Å². The minimum atomic E-state index is -0.488. The Hall–Kier alpha value is -0.570. The molecule has 156 valence electrons. The van der Waals surface area contributed by atoms with Gasteiger partial charge in [0.2, 0.25) is 0 Å². The van der Waals surface area contributed by atoms with Gasteiger partial charge in [-0.1, -0.05) is 122 Å². The SMILES string of the molecule is CCCCCCCCCCCCCCCCCCCCCC(=O)OCO. The molecule has 0 spiro atoms. The zero-order valence-electron chi connectivity index (χ0n) is 17.6. The third-order valence-corrected chi connectivity index (χ3v) is 5.21. The first kappa shape index (κ1) is 25.4. The van der Waals surface area contributed by atoms with Gasteiger partial charge in [0, 0.05) is 6.42 Å². The second-order valence-corrected chi connectivity index (χ2v) is 7.76. The van der Waals surface area contributed by atoms with Crippen LogP contribution in [0.1, 0.15) is 135 Å². The van der Waals surface area contributed by atoms with Crippen LogP contribution in [0.2, 0.25) is 0 Å². The molecule has 0 aliphatic rings. The van der Waals surface area contributed by atoms with E-state index in [-0.39, 0.29) is 5.97 Å². The molecule has 0 amide bonds. The third-order valence-electron chi connectivity index (χ3n) is 5.21. The summed E-state index contributed by atoms with van der Waals surface area (Å²) in [5.74, 6) is -0.278. The Bertz CT molecular complexity index is 279. The fraction of sp³-hybridized carbons (Fsp3) is 0.957. The van der Waals surface area contributed by atoms with E-state index in [1.807, 2.05) is 0 Å². The van der Waals surface area contributed by atoms with Gasteiger partial charge in [-0.3, -0.25) is 4.79 Å². The maximum atomic E-state index is 11.0. The smallest absolute Gasteiger partial charge is 0.307 e. The van der Waals surface area contributed by atoms with E-state index in [1.54, 1.807) is 0 Å². The first-order valence-electron chi connectivity index (χ1n) is 11.6. The quantitative estimate of drug-likeness (QED) is 0.131. The van der Waals surface area contributed by atoms with Crippen LogP contribution in [-0.2, 0) is 9.53 Å². The van der Waals surface area contributed by atoms with Crippen LogP contribution >= 0.6 is 0 Å². The second kappa shape index (κ2) is 22.5. The van der Waals surface area contributed by atoms with E-state index < -0.39 is 6.79 Å². The Kier molecular flexibility index (Phi) is 22.0. The molecule has 0 atom stereocenters. The van der Waals surface area contributed by atoms with Crippen LogP contribution < -0.4 is 0 Å². The van der Waals surface area contributed by atoms with Crippen molar-refractivity contribution < 1.29 is 14.6 Å². The van der Waals surface area contributed by atoms with Gasteiger partial charge in [-0.2, -0.15) is 0 Å². The summed E-state index contributed by atoms with van der Waals surface area (Å²) in [6.07, 6.45) is 26.2. The minimum absolute atomic E-state index is 0.278. The molecular weight excluding hydrogens is 324 g/mol. The van der Waals surface area contributed by atoms with Gasteiger partial charge in [0.15, 0.2) is 6.79 Å². The molecule has 0 aliphatic carbocycles. The summed E-state index contributed by atoms with van der Waals surface area (Å²) in [5.41, 5.74) is 0. The van der Waals surface area contributed by atoms with Crippen LogP contribution in [0, 0.1) is 0 Å². The predicted molar refractivity (Wildman–Crippen MR) is 111 cm³/mol. The van der Waals surface area contributed by atoms with Crippen molar-refractivity contribution in [3.63, 3.8) is 0 Å². The van der Waals surface area contributed by atoms with E-state index >= 15 is 0 Å². The Balaban J connectivity index is 3.02. The first-order valence-corrected chi connectivity index (χ1v) is 11.6. The van der Waals surface area contributed by atoms with Crippen LogP contribution in [-0.4, -0.2) is 17.9 Å². The lowest BCUT2D eigenvalue weighted by Gasteiger charge is -2.04. The summed E-state index contributed by atoms with van der Waals surface area (Å²) in [6, 6.07) is 0. The monoisotopic (exact) mass is 370 g/mol. The van der Waals surface area contributed by atoms with Gasteiger partial charge in [-0.05, 0) is 6.42 Å². The van der Waals surface area contributed by atoms with Crippen LogP contribution in [0.3, 0.4) is 0 Å². The fourth-order valence-electron chi connectivity index (χ4n) is 3.49. The minimum Gasteiger partial charge on any atom is -0.439 e. The average molecular weight is 371 g/mol. The Labute approximate surface area is 163 Å². The Morgan fingerprint density at radius 3 is 1.19 bits per heavy atom. The van der Waals surface area contributed by atoms with Gasteiger partial charge in [0.1, 0.15) is 0 Å². The topological polar surface area (TPSA) is 46.5 Å². The number of carbonyl (C=O) groups is 1. The molecule has 0 aromatic rings. The lowest BCUT2D eigenvalue weighted by molar-refractivity contribution is -0.151. The van der Waals surface area contributed by atoms with E-state index in [0.717, 1.165) is 12.8 Å². The Morgan fingerprint density at radius 1 is 0.577 bits per heavy atom. The molecule has 0 aromatic carbocycles. The zero-order chi connectivity index (χ0) is 19.1. The van der Waals surface area contributed by atoms with Gasteiger partial charge in [-0.25, -0.2) is 0 Å². The number of carbonyl (C=O) groups excluding carboxylic acids is 1. The number of aliphatic hydroxyl groups excluding tert-OH is 1. The molecule has 0 rings (SSSR count). The van der Waals surface area contributed by atoms with Crippen LogP contribution in [0.5, 0.6) is 0 Å². The number of hydrogen-bond acceptors (Lipinski definition) is 3. The summed E-state index contributed by atoms with van der Waals surface area (Å²) in [5, 5.41) is 8.45. The molecule has 0 saturated heterocycles. The van der Waals surface area contributed by atoms with Gasteiger partial charge >= 0.3 is 5.97 Å². The predicted octanol–water partition coefficient (Wildman–Crippen LogP) is 7.30. The summed E-state index contributed by atoms with van der Waals surface area (Å²) >= 11 is 0. The number of rotatable bonds is 21. The van der Waals surface area contributed by atoms with Gasteiger partial charge in [0.05, 0.1) is 0 Å². The molecule has 0 radical (unpaired) electrons. The van der Waals surface area contributed by atoms with Crippen molar-refractivity contribution in [2.45, 2.75) is 135 Å². The van der Waals surface area contributed by atoms with Crippen molar-refractivity contribution in [2.75, 3.05) is 6.79 Å². The summed E-state index contributed by atoms with van der Waals surface area (Å²) in [4.78, 5) is 11.0. The highest BCUT2D eigenvalue weighted by Crippen LogP contribution is 2.14. The van der Waals surface area contributed by atoms with Crippen LogP contribution in [0.25, 0.3) is 0 Å². The normalized spacial score (nSPS) is 11.0. The van der Waals surface area contributed by atoms with Gasteiger partial charge in [-0.15, -0.1) is 0 Å². The number of aliphatic hydroxyl groups is 1. The molecule has 0 saturated carbocycles. The number of ether oxygens (including phenoxy) is 1. The zero-order valence-corrected chi connectivity index (χ0v) is 17.6. The largest absolute Gasteiger partial charge is 0.439 e. The molecule has 0 fully saturated rings. The molecule has 3 nitrogen and oxygen atoms in total. The molecule has 0 heterocycles. The lowest BCUT2D eigenvalue weighted by Crippen LogP contribution is -2.04. The standard InChI is InChI=1S/C23H46O3/c1-2-3-4-5-6-7-8-9-10-11-12-13-14-15-16-17-18-19-20-21-23(25)26-22-24/h24H,2-22H2,1H3. The van der Waals surface area contributed by atoms with Crippen LogP contribution in [0.4, 0.5) is 0 Å². The Morgan fingerprint density at radius 2 is 0.885 bits per heavy atom. The fourth-order valence-corrected chi connectivity index (χ4v) is 3.49. The van der Waals surface area contributed by atoms with E-state index in [2.05, 4.69) is 11.7 Å².